The van der Waals surface area contributed by atoms with E-state index in [2.05, 4.69) is 21.7 Å². The Labute approximate surface area is 204 Å². The van der Waals surface area contributed by atoms with E-state index in [1.54, 1.807) is 20.5 Å². The Morgan fingerprint density at radius 2 is 1.80 bits per heavy atom. The van der Waals surface area contributed by atoms with E-state index in [0.717, 1.165) is 47.4 Å². The Bertz CT molecular complexity index is 1360. The highest BCUT2D eigenvalue weighted by molar-refractivity contribution is 6.07. The van der Waals surface area contributed by atoms with Crippen molar-refractivity contribution in [3.8, 4) is 22.8 Å². The molecule has 0 radical (unpaired) electrons. The molecule has 3 heterocycles. The van der Waals surface area contributed by atoms with Crippen molar-refractivity contribution in [2.24, 2.45) is 0 Å². The van der Waals surface area contributed by atoms with Crippen molar-refractivity contribution in [2.75, 3.05) is 27.3 Å². The van der Waals surface area contributed by atoms with Gasteiger partial charge in [-0.05, 0) is 50.1 Å². The van der Waals surface area contributed by atoms with Gasteiger partial charge in [0.2, 0.25) is 0 Å². The summed E-state index contributed by atoms with van der Waals surface area (Å²) < 4.78 is 12.9. The molecule has 0 aliphatic carbocycles. The standard InChI is InChI=1S/C27H29N5O3/c1-4-31-17-28-30-26(31)18-11-13-32(14-12-18)27(33)21-16-23(29-22-8-6-5-7-20(21)22)19-9-10-24(34-2)25(15-19)35-3/h5-10,15-18H,4,11-14H2,1-3H3. The number of para-hydroxylation sites is 1. The Balaban J connectivity index is 1.46. The maximum Gasteiger partial charge on any atom is 0.254 e. The first-order valence-corrected chi connectivity index (χ1v) is 11.9. The molecule has 0 unspecified atom stereocenters. The maximum atomic E-state index is 13.8. The van der Waals surface area contributed by atoms with E-state index in [0.29, 0.717) is 36.1 Å². The molecule has 0 bridgehead atoms. The fourth-order valence-electron chi connectivity index (χ4n) is 4.83. The summed E-state index contributed by atoms with van der Waals surface area (Å²) in [5.41, 5.74) is 3.03. The van der Waals surface area contributed by atoms with Crippen molar-refractivity contribution in [1.29, 1.82) is 0 Å². The quantitative estimate of drug-likeness (QED) is 0.410. The lowest BCUT2D eigenvalue weighted by atomic mass is 9.94. The van der Waals surface area contributed by atoms with Gasteiger partial charge in [-0.15, -0.1) is 10.2 Å². The second-order valence-corrected chi connectivity index (χ2v) is 8.68. The third-order valence-electron chi connectivity index (χ3n) is 6.76. The van der Waals surface area contributed by atoms with Crippen LogP contribution in [0.4, 0.5) is 0 Å². The number of rotatable bonds is 6. The molecule has 2 aromatic heterocycles. The zero-order valence-corrected chi connectivity index (χ0v) is 20.3. The van der Waals surface area contributed by atoms with Crippen molar-refractivity contribution >= 4 is 16.8 Å². The number of carbonyl (C=O) groups is 1. The normalized spacial score (nSPS) is 14.3. The van der Waals surface area contributed by atoms with Gasteiger partial charge in [0.05, 0.1) is 31.0 Å². The lowest BCUT2D eigenvalue weighted by Crippen LogP contribution is -2.38. The minimum Gasteiger partial charge on any atom is -0.493 e. The van der Waals surface area contributed by atoms with Crippen LogP contribution in [0.15, 0.2) is 54.9 Å². The average molecular weight is 472 g/mol. The van der Waals surface area contributed by atoms with Crippen LogP contribution in [0.3, 0.4) is 0 Å². The predicted molar refractivity (Wildman–Crippen MR) is 134 cm³/mol. The third-order valence-corrected chi connectivity index (χ3v) is 6.76. The summed E-state index contributed by atoms with van der Waals surface area (Å²) in [4.78, 5) is 20.5. The second kappa shape index (κ2) is 9.74. The summed E-state index contributed by atoms with van der Waals surface area (Å²) in [7, 11) is 3.22. The number of pyridine rings is 1. The predicted octanol–water partition coefficient (Wildman–Crippen LogP) is 4.55. The zero-order chi connectivity index (χ0) is 24.4. The van der Waals surface area contributed by atoms with Crippen LogP contribution >= 0.6 is 0 Å². The van der Waals surface area contributed by atoms with Crippen LogP contribution in [0.2, 0.25) is 0 Å². The molecular formula is C27H29N5O3. The number of amides is 1. The molecule has 1 aliphatic rings. The number of carbonyl (C=O) groups excluding carboxylic acids is 1. The van der Waals surface area contributed by atoms with Gasteiger partial charge in [-0.25, -0.2) is 4.98 Å². The van der Waals surface area contributed by atoms with Gasteiger partial charge in [0, 0.05) is 36.5 Å². The molecule has 5 rings (SSSR count). The first-order chi connectivity index (χ1) is 17.1. The highest BCUT2D eigenvalue weighted by atomic mass is 16.5. The van der Waals surface area contributed by atoms with E-state index in [-0.39, 0.29) is 5.91 Å². The van der Waals surface area contributed by atoms with E-state index >= 15 is 0 Å². The van der Waals surface area contributed by atoms with Gasteiger partial charge in [-0.2, -0.15) is 0 Å². The van der Waals surface area contributed by atoms with Crippen LogP contribution in [0, 0.1) is 0 Å². The minimum absolute atomic E-state index is 0.0285. The average Bonchev–Trinajstić information content (AvgIpc) is 3.40. The van der Waals surface area contributed by atoms with Crippen LogP contribution < -0.4 is 9.47 Å². The molecule has 8 nitrogen and oxygen atoms in total. The number of likely N-dealkylation sites (tertiary alicyclic amines) is 1. The van der Waals surface area contributed by atoms with Gasteiger partial charge < -0.3 is 18.9 Å². The maximum absolute atomic E-state index is 13.8. The number of methoxy groups -OCH3 is 2. The molecule has 1 fully saturated rings. The molecule has 0 atom stereocenters. The number of piperidine rings is 1. The summed E-state index contributed by atoms with van der Waals surface area (Å²) in [5, 5.41) is 9.26. The van der Waals surface area contributed by atoms with Gasteiger partial charge in [-0.1, -0.05) is 18.2 Å². The first-order valence-electron chi connectivity index (χ1n) is 11.9. The monoisotopic (exact) mass is 471 g/mol. The molecule has 1 amide bonds. The van der Waals surface area contributed by atoms with Gasteiger partial charge in [-0.3, -0.25) is 4.79 Å². The van der Waals surface area contributed by atoms with Crippen LogP contribution in [-0.2, 0) is 6.54 Å². The fourth-order valence-corrected chi connectivity index (χ4v) is 4.83. The van der Waals surface area contributed by atoms with E-state index < -0.39 is 0 Å². The topological polar surface area (TPSA) is 82.4 Å². The number of ether oxygens (including phenoxy) is 2. The van der Waals surface area contributed by atoms with Crippen LogP contribution in [0.25, 0.3) is 22.2 Å². The summed E-state index contributed by atoms with van der Waals surface area (Å²) >= 11 is 0. The molecule has 1 saturated heterocycles. The number of benzene rings is 2. The molecule has 35 heavy (non-hydrogen) atoms. The van der Waals surface area contributed by atoms with E-state index in [4.69, 9.17) is 14.5 Å². The van der Waals surface area contributed by atoms with Crippen molar-refractivity contribution < 1.29 is 14.3 Å². The zero-order valence-electron chi connectivity index (χ0n) is 20.3. The number of hydrogen-bond donors (Lipinski definition) is 0. The third kappa shape index (κ3) is 4.32. The highest BCUT2D eigenvalue weighted by Crippen LogP contribution is 2.34. The number of fused-ring (bicyclic) bond motifs is 1. The van der Waals surface area contributed by atoms with Gasteiger partial charge in [0.15, 0.2) is 11.5 Å². The number of aromatic nitrogens is 4. The summed E-state index contributed by atoms with van der Waals surface area (Å²) in [6.45, 7) is 4.31. The number of hydrogen-bond acceptors (Lipinski definition) is 6. The van der Waals surface area contributed by atoms with Crippen LogP contribution in [0.5, 0.6) is 11.5 Å². The minimum atomic E-state index is 0.0285. The SMILES string of the molecule is CCn1cnnc1C1CCN(C(=O)c2cc(-c3ccc(OC)c(OC)c3)nc3ccccc23)CC1. The van der Waals surface area contributed by atoms with E-state index in [1.165, 1.54) is 0 Å². The van der Waals surface area contributed by atoms with Crippen molar-refractivity contribution in [3.63, 3.8) is 0 Å². The molecule has 8 heteroatoms. The van der Waals surface area contributed by atoms with E-state index in [9.17, 15) is 4.79 Å². The number of nitrogens with zero attached hydrogens (tertiary/aromatic N) is 5. The largest absolute Gasteiger partial charge is 0.493 e. The summed E-state index contributed by atoms with van der Waals surface area (Å²) in [6, 6.07) is 15.4. The smallest absolute Gasteiger partial charge is 0.254 e. The van der Waals surface area contributed by atoms with Gasteiger partial charge in [0.25, 0.3) is 5.91 Å². The molecule has 0 spiro atoms. The summed E-state index contributed by atoms with van der Waals surface area (Å²) in [6.07, 6.45) is 3.53. The molecule has 0 saturated carbocycles. The molecule has 4 aromatic rings. The molecule has 180 valence electrons. The van der Waals surface area contributed by atoms with Gasteiger partial charge >= 0.3 is 0 Å². The highest BCUT2D eigenvalue weighted by Gasteiger charge is 2.28. The molecular weight excluding hydrogens is 442 g/mol. The van der Waals surface area contributed by atoms with Crippen molar-refractivity contribution in [2.45, 2.75) is 32.2 Å². The Kier molecular flexibility index (Phi) is 6.35. The Morgan fingerprint density at radius 3 is 2.54 bits per heavy atom. The second-order valence-electron chi connectivity index (χ2n) is 8.68. The fraction of sp³-hybridized carbons (Fsp3) is 0.333. The lowest BCUT2D eigenvalue weighted by Gasteiger charge is -2.32. The molecule has 0 N–H and O–H groups in total. The van der Waals surface area contributed by atoms with Gasteiger partial charge in [0.1, 0.15) is 12.2 Å². The first kappa shape index (κ1) is 22.8. The summed E-state index contributed by atoms with van der Waals surface area (Å²) in [5.74, 6) is 2.63. The van der Waals surface area contributed by atoms with Crippen LogP contribution in [-0.4, -0.2) is 57.9 Å². The van der Waals surface area contributed by atoms with E-state index in [1.807, 2.05) is 53.4 Å². The Hall–Kier alpha value is -3.94. The van der Waals surface area contributed by atoms with Crippen molar-refractivity contribution in [1.82, 2.24) is 24.6 Å². The Morgan fingerprint density at radius 1 is 1.03 bits per heavy atom. The van der Waals surface area contributed by atoms with Crippen molar-refractivity contribution in [3.05, 3.63) is 66.2 Å². The van der Waals surface area contributed by atoms with Crippen LogP contribution in [0.1, 0.15) is 41.9 Å². The lowest BCUT2D eigenvalue weighted by molar-refractivity contribution is 0.0712. The molecule has 2 aromatic carbocycles. The molecule has 1 aliphatic heterocycles. The number of aryl methyl sites for hydroxylation is 1.